The molecule has 1 fully saturated rings. The lowest BCUT2D eigenvalue weighted by Crippen LogP contribution is -2.52. The van der Waals surface area contributed by atoms with Crippen molar-refractivity contribution in [3.63, 3.8) is 0 Å². The lowest BCUT2D eigenvalue weighted by Gasteiger charge is -2.36. The highest BCUT2D eigenvalue weighted by molar-refractivity contribution is 14.0. The molecule has 0 bridgehead atoms. The second-order valence-electron chi connectivity index (χ2n) is 7.40. The monoisotopic (exact) mass is 541 g/mol. The lowest BCUT2D eigenvalue weighted by molar-refractivity contribution is -0.130. The molecule has 1 atom stereocenters. The molecule has 1 amide bonds. The Labute approximate surface area is 200 Å². The van der Waals surface area contributed by atoms with Crippen LogP contribution in [0, 0.1) is 5.92 Å². The SMILES string of the molecule is CN=C(NCC(=O)N1CCN(c2ccccc2)CC1)NCC(C)Cc1cccs1.I. The van der Waals surface area contributed by atoms with E-state index in [0.717, 1.165) is 39.1 Å². The van der Waals surface area contributed by atoms with Crippen molar-refractivity contribution in [3.8, 4) is 0 Å². The van der Waals surface area contributed by atoms with Gasteiger partial charge in [0.15, 0.2) is 5.96 Å². The van der Waals surface area contributed by atoms with E-state index in [1.165, 1.54) is 10.6 Å². The Morgan fingerprint density at radius 2 is 1.83 bits per heavy atom. The zero-order valence-corrected chi connectivity index (χ0v) is 20.9. The van der Waals surface area contributed by atoms with Crippen molar-refractivity contribution >= 4 is 52.9 Å². The van der Waals surface area contributed by atoms with E-state index >= 15 is 0 Å². The summed E-state index contributed by atoms with van der Waals surface area (Å²) in [6, 6.07) is 14.6. The van der Waals surface area contributed by atoms with E-state index in [1.807, 2.05) is 11.0 Å². The van der Waals surface area contributed by atoms with Crippen LogP contribution >= 0.6 is 35.3 Å². The molecule has 8 heteroatoms. The number of rotatable bonds is 7. The first-order valence-corrected chi connectivity index (χ1v) is 11.1. The average Bonchev–Trinajstić information content (AvgIpc) is 3.27. The van der Waals surface area contributed by atoms with Crippen molar-refractivity contribution in [2.45, 2.75) is 13.3 Å². The number of carbonyl (C=O) groups excluding carboxylic acids is 1. The van der Waals surface area contributed by atoms with Crippen molar-refractivity contribution in [2.24, 2.45) is 10.9 Å². The summed E-state index contributed by atoms with van der Waals surface area (Å²) in [5, 5.41) is 8.61. The van der Waals surface area contributed by atoms with Crippen LogP contribution in [0.15, 0.2) is 52.8 Å². The summed E-state index contributed by atoms with van der Waals surface area (Å²) in [4.78, 5) is 22.5. The van der Waals surface area contributed by atoms with Gasteiger partial charge in [0.1, 0.15) is 0 Å². The second-order valence-corrected chi connectivity index (χ2v) is 8.43. The minimum Gasteiger partial charge on any atom is -0.368 e. The Kier molecular flexibility index (Phi) is 10.4. The van der Waals surface area contributed by atoms with E-state index in [-0.39, 0.29) is 36.4 Å². The van der Waals surface area contributed by atoms with Crippen LogP contribution in [-0.2, 0) is 11.2 Å². The third kappa shape index (κ3) is 7.46. The van der Waals surface area contributed by atoms with E-state index < -0.39 is 0 Å². The van der Waals surface area contributed by atoms with Crippen LogP contribution in [0.3, 0.4) is 0 Å². The molecule has 2 N–H and O–H groups in total. The summed E-state index contributed by atoms with van der Waals surface area (Å²) in [5.41, 5.74) is 1.22. The highest BCUT2D eigenvalue weighted by Gasteiger charge is 2.21. The van der Waals surface area contributed by atoms with Crippen LogP contribution in [0.4, 0.5) is 5.69 Å². The number of anilines is 1. The summed E-state index contributed by atoms with van der Waals surface area (Å²) >= 11 is 1.79. The van der Waals surface area contributed by atoms with Crippen LogP contribution in [0.1, 0.15) is 11.8 Å². The molecule has 30 heavy (non-hydrogen) atoms. The molecule has 3 rings (SSSR count). The first kappa shape index (κ1) is 24.5. The predicted molar refractivity (Wildman–Crippen MR) is 137 cm³/mol. The summed E-state index contributed by atoms with van der Waals surface area (Å²) in [7, 11) is 1.74. The van der Waals surface area contributed by atoms with Gasteiger partial charge in [-0.25, -0.2) is 0 Å². The number of thiophene rings is 1. The molecule has 6 nitrogen and oxygen atoms in total. The van der Waals surface area contributed by atoms with Crippen LogP contribution in [0.5, 0.6) is 0 Å². The first-order chi connectivity index (χ1) is 14.2. The minimum atomic E-state index is 0. The molecule has 0 aliphatic carbocycles. The van der Waals surface area contributed by atoms with Gasteiger partial charge in [0, 0.05) is 50.3 Å². The van der Waals surface area contributed by atoms with Crippen molar-refractivity contribution in [2.75, 3.05) is 51.2 Å². The van der Waals surface area contributed by atoms with Crippen molar-refractivity contribution in [1.29, 1.82) is 0 Å². The lowest BCUT2D eigenvalue weighted by atomic mass is 10.1. The zero-order valence-electron chi connectivity index (χ0n) is 17.7. The van der Waals surface area contributed by atoms with Gasteiger partial charge in [-0.1, -0.05) is 31.2 Å². The maximum Gasteiger partial charge on any atom is 0.242 e. The molecular weight excluding hydrogens is 509 g/mol. The van der Waals surface area contributed by atoms with E-state index in [4.69, 9.17) is 0 Å². The first-order valence-electron chi connectivity index (χ1n) is 10.2. The molecule has 2 aromatic rings. The fourth-order valence-electron chi connectivity index (χ4n) is 3.46. The number of aliphatic imine (C=N–C) groups is 1. The molecule has 1 aromatic heterocycles. The Bertz CT molecular complexity index is 776. The van der Waals surface area contributed by atoms with E-state index in [0.29, 0.717) is 11.9 Å². The minimum absolute atomic E-state index is 0. The molecule has 1 aliphatic heterocycles. The quantitative estimate of drug-likeness (QED) is 0.322. The fourth-order valence-corrected chi connectivity index (χ4v) is 4.33. The normalized spacial score (nSPS) is 15.3. The van der Waals surface area contributed by atoms with Crippen molar-refractivity contribution < 1.29 is 4.79 Å². The topological polar surface area (TPSA) is 60.0 Å². The van der Waals surface area contributed by atoms with Gasteiger partial charge in [-0.15, -0.1) is 35.3 Å². The van der Waals surface area contributed by atoms with Crippen LogP contribution in [0.25, 0.3) is 0 Å². The van der Waals surface area contributed by atoms with E-state index in [1.54, 1.807) is 18.4 Å². The molecule has 1 aliphatic rings. The molecule has 0 spiro atoms. The number of amides is 1. The second kappa shape index (κ2) is 12.8. The van der Waals surface area contributed by atoms with Gasteiger partial charge in [-0.3, -0.25) is 9.79 Å². The number of hydrogen-bond donors (Lipinski definition) is 2. The number of hydrogen-bond acceptors (Lipinski definition) is 4. The maximum atomic E-state index is 12.6. The summed E-state index contributed by atoms with van der Waals surface area (Å²) in [6.45, 7) is 6.54. The summed E-state index contributed by atoms with van der Waals surface area (Å²) in [6.07, 6.45) is 1.05. The van der Waals surface area contributed by atoms with Gasteiger partial charge < -0.3 is 20.4 Å². The Hall–Kier alpha value is -1.81. The van der Waals surface area contributed by atoms with Crippen LogP contribution < -0.4 is 15.5 Å². The molecule has 0 saturated carbocycles. The third-order valence-electron chi connectivity index (χ3n) is 5.13. The molecule has 1 unspecified atom stereocenters. The van der Waals surface area contributed by atoms with Crippen molar-refractivity contribution in [3.05, 3.63) is 52.7 Å². The number of halogens is 1. The smallest absolute Gasteiger partial charge is 0.242 e. The largest absolute Gasteiger partial charge is 0.368 e. The maximum absolute atomic E-state index is 12.6. The zero-order chi connectivity index (χ0) is 20.5. The average molecular weight is 542 g/mol. The number of nitrogens with zero attached hydrogens (tertiary/aromatic N) is 3. The van der Waals surface area contributed by atoms with Gasteiger partial charge in [-0.05, 0) is 35.9 Å². The van der Waals surface area contributed by atoms with E-state index in [2.05, 4.69) is 69.2 Å². The van der Waals surface area contributed by atoms with Crippen LogP contribution in [0.2, 0.25) is 0 Å². The summed E-state index contributed by atoms with van der Waals surface area (Å²) in [5.74, 6) is 1.29. The Morgan fingerprint density at radius 1 is 1.10 bits per heavy atom. The highest BCUT2D eigenvalue weighted by Crippen LogP contribution is 2.15. The van der Waals surface area contributed by atoms with Gasteiger partial charge in [-0.2, -0.15) is 0 Å². The molecule has 0 radical (unpaired) electrons. The van der Waals surface area contributed by atoms with Gasteiger partial charge >= 0.3 is 0 Å². The number of para-hydroxylation sites is 1. The molecule has 164 valence electrons. The number of nitrogens with one attached hydrogen (secondary N) is 2. The molecule has 2 heterocycles. The Morgan fingerprint density at radius 3 is 2.47 bits per heavy atom. The highest BCUT2D eigenvalue weighted by atomic mass is 127. The fraction of sp³-hybridized carbons (Fsp3) is 0.455. The van der Waals surface area contributed by atoms with Gasteiger partial charge in [0.2, 0.25) is 5.91 Å². The number of carbonyl (C=O) groups is 1. The molecule has 1 aromatic carbocycles. The van der Waals surface area contributed by atoms with Crippen LogP contribution in [-0.4, -0.2) is 63.1 Å². The molecular formula is C22H32IN5OS. The number of piperazine rings is 1. The number of guanidine groups is 1. The van der Waals surface area contributed by atoms with E-state index in [9.17, 15) is 4.79 Å². The Balaban J connectivity index is 0.00000320. The third-order valence-corrected chi connectivity index (χ3v) is 6.03. The molecule has 1 saturated heterocycles. The van der Waals surface area contributed by atoms with Gasteiger partial charge in [0.05, 0.1) is 6.54 Å². The standard InChI is InChI=1S/C22H31N5OS.HI/c1-18(15-20-9-6-14-29-20)16-24-22(23-2)25-17-21(28)27-12-10-26(11-13-27)19-7-4-3-5-8-19;/h3-9,14,18H,10-13,15-17H2,1-2H3,(H2,23,24,25);1H. The van der Waals surface area contributed by atoms with Crippen molar-refractivity contribution in [1.82, 2.24) is 15.5 Å². The summed E-state index contributed by atoms with van der Waals surface area (Å²) < 4.78 is 0. The predicted octanol–water partition coefficient (Wildman–Crippen LogP) is 3.06. The number of benzene rings is 1. The van der Waals surface area contributed by atoms with Gasteiger partial charge in [0.25, 0.3) is 0 Å².